The topological polar surface area (TPSA) is 22.0 Å². The molecule has 0 radical (unpaired) electrons. The van der Waals surface area contributed by atoms with Gasteiger partial charge in [-0.3, -0.25) is 9.36 Å². The molecule has 0 N–H and O–H groups in total. The van der Waals surface area contributed by atoms with Gasteiger partial charge in [-0.1, -0.05) is 23.5 Å². The van der Waals surface area contributed by atoms with Crippen molar-refractivity contribution in [1.82, 2.24) is 4.57 Å². The number of nitrogens with zero attached hydrogens (tertiary/aromatic N) is 1. The molecule has 2 nitrogen and oxygen atoms in total. The maximum atomic E-state index is 11.4. The van der Waals surface area contributed by atoms with Gasteiger partial charge in [-0.15, -0.1) is 11.6 Å². The van der Waals surface area contributed by atoms with Gasteiger partial charge >= 0.3 is 4.87 Å². The van der Waals surface area contributed by atoms with Gasteiger partial charge < -0.3 is 0 Å². The molecule has 0 saturated heterocycles. The van der Waals surface area contributed by atoms with Gasteiger partial charge in [0.1, 0.15) is 0 Å². The minimum absolute atomic E-state index is 0.106. The summed E-state index contributed by atoms with van der Waals surface area (Å²) in [4.78, 5) is 12.6. The van der Waals surface area contributed by atoms with Crippen LogP contribution in [-0.2, 0) is 6.54 Å². The largest absolute Gasteiger partial charge is 0.307 e. The first kappa shape index (κ1) is 10.5. The number of alkyl halides is 1. The highest BCUT2D eigenvalue weighted by Gasteiger charge is 2.04. The van der Waals surface area contributed by atoms with E-state index in [9.17, 15) is 4.79 Å². The molecule has 72 valence electrons. The van der Waals surface area contributed by atoms with Crippen molar-refractivity contribution < 1.29 is 0 Å². The first-order valence-corrected chi connectivity index (χ1v) is 5.39. The summed E-state index contributed by atoms with van der Waals surface area (Å²) in [5.74, 6) is 0.497. The van der Waals surface area contributed by atoms with Gasteiger partial charge in [0.15, 0.2) is 0 Å². The molecule has 0 spiro atoms. The van der Waals surface area contributed by atoms with Crippen molar-refractivity contribution in [3.8, 4) is 0 Å². The Hall–Kier alpha value is -0.540. The zero-order valence-corrected chi connectivity index (χ0v) is 9.28. The third-order valence-corrected chi connectivity index (χ3v) is 3.09. The van der Waals surface area contributed by atoms with Crippen LogP contribution in [0.4, 0.5) is 0 Å². The number of rotatable bonds is 3. The van der Waals surface area contributed by atoms with Crippen LogP contribution in [0.1, 0.15) is 10.6 Å². The number of aromatic nitrogens is 1. The summed E-state index contributed by atoms with van der Waals surface area (Å²) in [6.07, 6.45) is 3.76. The lowest BCUT2D eigenvalue weighted by atomic mass is 10.4. The van der Waals surface area contributed by atoms with E-state index in [1.165, 1.54) is 11.3 Å². The molecule has 1 heterocycles. The van der Waals surface area contributed by atoms with Crippen molar-refractivity contribution in [1.29, 1.82) is 0 Å². The van der Waals surface area contributed by atoms with Gasteiger partial charge in [-0.25, -0.2) is 0 Å². The van der Waals surface area contributed by atoms with Gasteiger partial charge in [0.05, 0.1) is 0 Å². The third kappa shape index (κ3) is 2.45. The zero-order valence-electron chi connectivity index (χ0n) is 7.71. The Kier molecular flexibility index (Phi) is 3.75. The smallest absolute Gasteiger partial charge is 0.299 e. The van der Waals surface area contributed by atoms with E-state index in [1.807, 2.05) is 26.0 Å². The number of hydrogen-bond acceptors (Lipinski definition) is 2. The molecule has 13 heavy (non-hydrogen) atoms. The van der Waals surface area contributed by atoms with Crippen molar-refractivity contribution in [2.75, 3.05) is 5.88 Å². The number of aryl methyl sites for hydroxylation is 1. The molecule has 4 heteroatoms. The lowest BCUT2D eigenvalue weighted by Crippen LogP contribution is -2.13. The first-order chi connectivity index (χ1) is 6.16. The van der Waals surface area contributed by atoms with Gasteiger partial charge in [0.2, 0.25) is 0 Å². The predicted molar refractivity (Wildman–Crippen MR) is 57.9 cm³/mol. The molecule has 0 aromatic carbocycles. The van der Waals surface area contributed by atoms with Crippen molar-refractivity contribution in [2.45, 2.75) is 20.4 Å². The van der Waals surface area contributed by atoms with Gasteiger partial charge in [-0.05, 0) is 13.8 Å². The quantitative estimate of drug-likeness (QED) is 0.563. The Morgan fingerprint density at radius 3 is 2.62 bits per heavy atom. The molecule has 1 rings (SSSR count). The molecular formula is C9H12ClNOS. The van der Waals surface area contributed by atoms with Gasteiger partial charge in [0, 0.05) is 23.0 Å². The molecule has 0 atom stereocenters. The van der Waals surface area contributed by atoms with Crippen molar-refractivity contribution in [2.24, 2.45) is 0 Å². The molecule has 0 saturated carbocycles. The number of allylic oxidation sites excluding steroid dienone is 2. The molecular weight excluding hydrogens is 206 g/mol. The Morgan fingerprint density at radius 1 is 1.46 bits per heavy atom. The molecule has 0 unspecified atom stereocenters. The van der Waals surface area contributed by atoms with Crippen molar-refractivity contribution >= 4 is 22.9 Å². The summed E-state index contributed by atoms with van der Waals surface area (Å²) in [5.41, 5.74) is 1.05. The summed E-state index contributed by atoms with van der Waals surface area (Å²) in [6, 6.07) is 0. The highest BCUT2D eigenvalue weighted by Crippen LogP contribution is 2.08. The van der Waals surface area contributed by atoms with Crippen LogP contribution in [-0.4, -0.2) is 10.4 Å². The minimum Gasteiger partial charge on any atom is -0.299 e. The molecule has 0 amide bonds. The normalized spacial score (nSPS) is 11.3. The highest BCUT2D eigenvalue weighted by molar-refractivity contribution is 7.09. The van der Waals surface area contributed by atoms with Gasteiger partial charge in [-0.2, -0.15) is 0 Å². The fourth-order valence-electron chi connectivity index (χ4n) is 1.04. The Morgan fingerprint density at radius 2 is 2.15 bits per heavy atom. The second-order valence-corrected chi connectivity index (χ2v) is 4.22. The molecule has 0 fully saturated rings. The van der Waals surface area contributed by atoms with E-state index in [1.54, 1.807) is 4.57 Å². The van der Waals surface area contributed by atoms with Crippen LogP contribution in [0, 0.1) is 13.8 Å². The van der Waals surface area contributed by atoms with E-state index < -0.39 is 0 Å². The summed E-state index contributed by atoms with van der Waals surface area (Å²) >= 11 is 6.78. The lowest BCUT2D eigenvalue weighted by Gasteiger charge is -1.99. The van der Waals surface area contributed by atoms with Crippen LogP contribution >= 0.6 is 22.9 Å². The molecule has 0 aliphatic heterocycles. The van der Waals surface area contributed by atoms with Crippen LogP contribution in [0.3, 0.4) is 0 Å². The average Bonchev–Trinajstić information content (AvgIpc) is 2.32. The minimum atomic E-state index is 0.106. The molecule has 1 aromatic heterocycles. The average molecular weight is 218 g/mol. The van der Waals surface area contributed by atoms with Crippen molar-refractivity contribution in [3.05, 3.63) is 32.4 Å². The summed E-state index contributed by atoms with van der Waals surface area (Å²) in [7, 11) is 0. The summed E-state index contributed by atoms with van der Waals surface area (Å²) in [5, 5.41) is 0. The van der Waals surface area contributed by atoms with Crippen molar-refractivity contribution in [3.63, 3.8) is 0 Å². The number of halogens is 1. The Bertz CT molecular complexity index is 364. The standard InChI is InChI=1S/C9H12ClNOS/c1-7-8(2)13-9(12)11(7)6-4-3-5-10/h3-4H,5-6H2,1-2H3. The highest BCUT2D eigenvalue weighted by atomic mass is 35.5. The molecule has 0 aliphatic rings. The van der Waals surface area contributed by atoms with Gasteiger partial charge in [0.25, 0.3) is 0 Å². The fraction of sp³-hybridized carbons (Fsp3) is 0.444. The zero-order chi connectivity index (χ0) is 9.84. The Balaban J connectivity index is 2.88. The van der Waals surface area contributed by atoms with E-state index in [-0.39, 0.29) is 4.87 Å². The number of hydrogen-bond donors (Lipinski definition) is 0. The van der Waals surface area contributed by atoms with Crippen LogP contribution in [0.2, 0.25) is 0 Å². The first-order valence-electron chi connectivity index (χ1n) is 4.04. The maximum Gasteiger partial charge on any atom is 0.307 e. The molecule has 1 aromatic rings. The summed E-state index contributed by atoms with van der Waals surface area (Å²) in [6.45, 7) is 4.55. The van der Waals surface area contributed by atoms with Crippen LogP contribution in [0.15, 0.2) is 16.9 Å². The maximum absolute atomic E-state index is 11.4. The Labute approximate surface area is 86.5 Å². The van der Waals surface area contributed by atoms with Crippen LogP contribution in [0.5, 0.6) is 0 Å². The predicted octanol–water partition coefficient (Wildman–Crippen LogP) is 2.32. The molecule has 0 bridgehead atoms. The van der Waals surface area contributed by atoms with E-state index in [0.29, 0.717) is 12.4 Å². The molecule has 0 aliphatic carbocycles. The fourth-order valence-corrected chi connectivity index (χ4v) is 2.01. The second-order valence-electron chi connectivity index (χ2n) is 2.75. The lowest BCUT2D eigenvalue weighted by molar-refractivity contribution is 0.769. The monoisotopic (exact) mass is 217 g/mol. The second kappa shape index (κ2) is 4.63. The van der Waals surface area contributed by atoms with E-state index >= 15 is 0 Å². The van der Waals surface area contributed by atoms with E-state index in [0.717, 1.165) is 10.6 Å². The van der Waals surface area contributed by atoms with E-state index in [4.69, 9.17) is 11.6 Å². The van der Waals surface area contributed by atoms with E-state index in [2.05, 4.69) is 0 Å². The van der Waals surface area contributed by atoms with Crippen LogP contribution < -0.4 is 4.87 Å². The number of thiazole rings is 1. The third-order valence-electron chi connectivity index (χ3n) is 1.92. The summed E-state index contributed by atoms with van der Waals surface area (Å²) < 4.78 is 1.75. The SMILES string of the molecule is Cc1sc(=O)n(CC=CCCl)c1C. The van der Waals surface area contributed by atoms with Crippen LogP contribution in [0.25, 0.3) is 0 Å².